The predicted molar refractivity (Wildman–Crippen MR) is 75.6 cm³/mol. The molecule has 0 fully saturated rings. The average molecular weight is 257 g/mol. The van der Waals surface area contributed by atoms with Crippen LogP contribution in [0.2, 0.25) is 0 Å². The van der Waals surface area contributed by atoms with Crippen molar-refractivity contribution in [3.05, 3.63) is 47.7 Å². The fraction of sp³-hybridized carbons (Fsp3) is 0.357. The molecule has 0 bridgehead atoms. The topological polar surface area (TPSA) is 76.7 Å². The minimum Gasteiger partial charge on any atom is -0.383 e. The Hall–Kier alpha value is -2.01. The Morgan fingerprint density at radius 2 is 2.11 bits per heavy atom. The van der Waals surface area contributed by atoms with Crippen molar-refractivity contribution in [2.45, 2.75) is 26.3 Å². The molecule has 0 radical (unpaired) electrons. The fourth-order valence-corrected chi connectivity index (χ4v) is 1.96. The standard InChI is InChI=1S/C14H19N5/c1-3-4-18-13(12-9-16-5-6-17-12)11-7-10(2)8-19-14(11)15/h5-9,13,18H,3-4H2,1-2H3,(H2,15,19). The lowest BCUT2D eigenvalue weighted by atomic mass is 10.0. The van der Waals surface area contributed by atoms with Crippen LogP contribution in [0, 0.1) is 6.92 Å². The molecule has 0 aliphatic heterocycles. The van der Waals surface area contributed by atoms with Gasteiger partial charge in [-0.15, -0.1) is 0 Å². The number of nitrogen functional groups attached to an aromatic ring is 1. The summed E-state index contributed by atoms with van der Waals surface area (Å²) in [6.45, 7) is 5.01. The van der Waals surface area contributed by atoms with E-state index in [1.54, 1.807) is 24.8 Å². The van der Waals surface area contributed by atoms with Crippen LogP contribution < -0.4 is 11.1 Å². The Kier molecular flexibility index (Phi) is 4.41. The molecule has 3 N–H and O–H groups in total. The average Bonchev–Trinajstić information content (AvgIpc) is 2.44. The highest BCUT2D eigenvalue weighted by atomic mass is 15.0. The van der Waals surface area contributed by atoms with Gasteiger partial charge in [-0.3, -0.25) is 9.97 Å². The summed E-state index contributed by atoms with van der Waals surface area (Å²) in [5, 5.41) is 3.45. The van der Waals surface area contributed by atoms with Crippen LogP contribution in [0.4, 0.5) is 5.82 Å². The molecule has 2 aromatic heterocycles. The fourth-order valence-electron chi connectivity index (χ4n) is 1.96. The van der Waals surface area contributed by atoms with Gasteiger partial charge in [0.2, 0.25) is 0 Å². The van der Waals surface area contributed by atoms with Crippen molar-refractivity contribution in [2.24, 2.45) is 0 Å². The van der Waals surface area contributed by atoms with E-state index in [2.05, 4.69) is 27.2 Å². The summed E-state index contributed by atoms with van der Waals surface area (Å²) in [5.74, 6) is 0.532. The number of nitrogens with one attached hydrogen (secondary N) is 1. The smallest absolute Gasteiger partial charge is 0.128 e. The molecule has 2 rings (SSSR count). The van der Waals surface area contributed by atoms with E-state index in [-0.39, 0.29) is 6.04 Å². The maximum absolute atomic E-state index is 6.00. The molecule has 5 nitrogen and oxygen atoms in total. The molecule has 0 saturated carbocycles. The zero-order chi connectivity index (χ0) is 13.7. The van der Waals surface area contributed by atoms with Crippen molar-refractivity contribution in [1.29, 1.82) is 0 Å². The monoisotopic (exact) mass is 257 g/mol. The molecular weight excluding hydrogens is 238 g/mol. The largest absolute Gasteiger partial charge is 0.383 e. The van der Waals surface area contributed by atoms with Gasteiger partial charge >= 0.3 is 0 Å². The molecule has 2 heterocycles. The summed E-state index contributed by atoms with van der Waals surface area (Å²) in [4.78, 5) is 12.7. The summed E-state index contributed by atoms with van der Waals surface area (Å²) in [6, 6.07) is 1.98. The lowest BCUT2D eigenvalue weighted by molar-refractivity contribution is 0.584. The first-order chi connectivity index (χ1) is 9.22. The van der Waals surface area contributed by atoms with Crippen molar-refractivity contribution >= 4 is 5.82 Å². The Morgan fingerprint density at radius 3 is 2.79 bits per heavy atom. The molecule has 2 aromatic rings. The van der Waals surface area contributed by atoms with Crippen LogP contribution >= 0.6 is 0 Å². The number of anilines is 1. The molecule has 19 heavy (non-hydrogen) atoms. The minimum absolute atomic E-state index is 0.0685. The highest BCUT2D eigenvalue weighted by Gasteiger charge is 2.18. The number of nitrogens with two attached hydrogens (primary N) is 1. The van der Waals surface area contributed by atoms with Gasteiger partial charge in [0.05, 0.1) is 17.9 Å². The summed E-state index contributed by atoms with van der Waals surface area (Å²) < 4.78 is 0. The number of pyridine rings is 1. The van der Waals surface area contributed by atoms with Gasteiger partial charge in [-0.2, -0.15) is 0 Å². The van der Waals surface area contributed by atoms with E-state index in [9.17, 15) is 0 Å². The molecule has 1 unspecified atom stereocenters. The zero-order valence-electron chi connectivity index (χ0n) is 11.3. The van der Waals surface area contributed by atoms with E-state index in [4.69, 9.17) is 5.73 Å². The molecule has 0 aliphatic carbocycles. The van der Waals surface area contributed by atoms with Crippen LogP contribution in [-0.4, -0.2) is 21.5 Å². The van der Waals surface area contributed by atoms with Crippen molar-refractivity contribution in [1.82, 2.24) is 20.3 Å². The van der Waals surface area contributed by atoms with Crippen molar-refractivity contribution in [3.8, 4) is 0 Å². The molecular formula is C14H19N5. The van der Waals surface area contributed by atoms with E-state index in [1.807, 2.05) is 13.0 Å². The maximum atomic E-state index is 6.00. The Balaban J connectivity index is 2.40. The van der Waals surface area contributed by atoms with Gasteiger partial charge in [-0.05, 0) is 31.5 Å². The molecule has 1 atom stereocenters. The van der Waals surface area contributed by atoms with Crippen LogP contribution in [0.15, 0.2) is 30.9 Å². The SMILES string of the molecule is CCCNC(c1cnccn1)c1cc(C)cnc1N. The second kappa shape index (κ2) is 6.24. The quantitative estimate of drug-likeness (QED) is 0.854. The van der Waals surface area contributed by atoms with Crippen molar-refractivity contribution < 1.29 is 0 Å². The van der Waals surface area contributed by atoms with Crippen LogP contribution in [0.5, 0.6) is 0 Å². The van der Waals surface area contributed by atoms with Gasteiger partial charge in [0.25, 0.3) is 0 Å². The molecule has 5 heteroatoms. The van der Waals surface area contributed by atoms with E-state index < -0.39 is 0 Å². The lowest BCUT2D eigenvalue weighted by Crippen LogP contribution is -2.25. The van der Waals surface area contributed by atoms with Crippen LogP contribution in [0.25, 0.3) is 0 Å². The maximum Gasteiger partial charge on any atom is 0.128 e. The van der Waals surface area contributed by atoms with Crippen molar-refractivity contribution in [3.63, 3.8) is 0 Å². The summed E-state index contributed by atoms with van der Waals surface area (Å²) in [7, 11) is 0. The summed E-state index contributed by atoms with van der Waals surface area (Å²) in [5.41, 5.74) is 8.89. The van der Waals surface area contributed by atoms with E-state index in [0.29, 0.717) is 5.82 Å². The van der Waals surface area contributed by atoms with Gasteiger partial charge in [-0.25, -0.2) is 4.98 Å². The lowest BCUT2D eigenvalue weighted by Gasteiger charge is -2.19. The van der Waals surface area contributed by atoms with Crippen LogP contribution in [0.1, 0.15) is 36.2 Å². The number of hydrogen-bond donors (Lipinski definition) is 2. The van der Waals surface area contributed by atoms with Gasteiger partial charge in [-0.1, -0.05) is 6.92 Å². The number of hydrogen-bond acceptors (Lipinski definition) is 5. The Morgan fingerprint density at radius 1 is 1.26 bits per heavy atom. The number of aryl methyl sites for hydroxylation is 1. The molecule has 100 valence electrons. The third kappa shape index (κ3) is 3.26. The second-order valence-electron chi connectivity index (χ2n) is 4.50. The minimum atomic E-state index is -0.0685. The predicted octanol–water partition coefficient (Wildman–Crippen LogP) is 1.85. The number of aromatic nitrogens is 3. The molecule has 0 aliphatic rings. The first-order valence-electron chi connectivity index (χ1n) is 6.43. The van der Waals surface area contributed by atoms with Gasteiger partial charge < -0.3 is 11.1 Å². The van der Waals surface area contributed by atoms with Gasteiger partial charge in [0.1, 0.15) is 5.82 Å². The Bertz CT molecular complexity index is 527. The first-order valence-corrected chi connectivity index (χ1v) is 6.43. The molecule has 0 spiro atoms. The number of nitrogens with zero attached hydrogens (tertiary/aromatic N) is 3. The Labute approximate surface area is 113 Å². The van der Waals surface area contributed by atoms with E-state index >= 15 is 0 Å². The highest BCUT2D eigenvalue weighted by molar-refractivity contribution is 5.45. The summed E-state index contributed by atoms with van der Waals surface area (Å²) in [6.07, 6.45) is 7.92. The molecule has 0 aromatic carbocycles. The third-order valence-electron chi connectivity index (χ3n) is 2.87. The van der Waals surface area contributed by atoms with Gasteiger partial charge in [0.15, 0.2) is 0 Å². The summed E-state index contributed by atoms with van der Waals surface area (Å²) >= 11 is 0. The van der Waals surface area contributed by atoms with Crippen LogP contribution in [-0.2, 0) is 0 Å². The van der Waals surface area contributed by atoms with Crippen LogP contribution in [0.3, 0.4) is 0 Å². The third-order valence-corrected chi connectivity index (χ3v) is 2.87. The number of rotatable bonds is 5. The zero-order valence-corrected chi connectivity index (χ0v) is 11.3. The normalized spacial score (nSPS) is 12.3. The molecule has 0 amide bonds. The first kappa shape index (κ1) is 13.4. The molecule has 0 saturated heterocycles. The van der Waals surface area contributed by atoms with E-state index in [1.165, 1.54) is 0 Å². The highest BCUT2D eigenvalue weighted by Crippen LogP contribution is 2.24. The second-order valence-corrected chi connectivity index (χ2v) is 4.50. The van der Waals surface area contributed by atoms with Crippen molar-refractivity contribution in [2.75, 3.05) is 12.3 Å². The van der Waals surface area contributed by atoms with E-state index in [0.717, 1.165) is 29.8 Å². The van der Waals surface area contributed by atoms with Gasteiger partial charge in [0, 0.05) is 24.2 Å².